The molecule has 0 fully saturated rings. The van der Waals surface area contributed by atoms with Crippen molar-refractivity contribution in [2.75, 3.05) is 18.5 Å². The van der Waals surface area contributed by atoms with Gasteiger partial charge in [0.2, 0.25) is 0 Å². The van der Waals surface area contributed by atoms with Gasteiger partial charge < -0.3 is 15.5 Å². The summed E-state index contributed by atoms with van der Waals surface area (Å²) >= 11 is 7.15. The van der Waals surface area contributed by atoms with Gasteiger partial charge in [0, 0.05) is 10.4 Å². The number of rotatable bonds is 6. The molecule has 2 aromatic rings. The normalized spacial score (nSPS) is 13.1. The number of urea groups is 1. The van der Waals surface area contributed by atoms with Gasteiger partial charge in [-0.05, 0) is 24.6 Å². The molecule has 0 bridgehead atoms. The van der Waals surface area contributed by atoms with Crippen LogP contribution in [-0.2, 0) is 5.41 Å². The average molecular weight is 380 g/mol. The first kappa shape index (κ1) is 19.2. The number of benzene rings is 1. The lowest BCUT2D eigenvalue weighted by molar-refractivity contribution is 0.172. The van der Waals surface area contributed by atoms with E-state index in [-0.39, 0.29) is 13.2 Å². The molecule has 0 spiro atoms. The molecule has 4 N–H and O–H groups in total. The summed E-state index contributed by atoms with van der Waals surface area (Å²) in [5.74, 6) is 2.75. The van der Waals surface area contributed by atoms with E-state index in [1.807, 2.05) is 19.1 Å². The highest BCUT2D eigenvalue weighted by molar-refractivity contribution is 7.14. The Hall–Kier alpha value is -2.11. The second-order valence-corrected chi connectivity index (χ2v) is 6.77. The number of aliphatic hydroxyl groups excluding tert-OH is 2. The number of aliphatic hydroxyl groups is 2. The van der Waals surface area contributed by atoms with Crippen molar-refractivity contribution in [3.63, 3.8) is 0 Å². The molecule has 0 saturated heterocycles. The van der Waals surface area contributed by atoms with Gasteiger partial charge in [-0.3, -0.25) is 5.32 Å². The Labute approximate surface area is 154 Å². The van der Waals surface area contributed by atoms with Crippen LogP contribution in [0, 0.1) is 12.3 Å². The number of carbonyl (C=O) groups excluding carboxylic acids is 1. The summed E-state index contributed by atoms with van der Waals surface area (Å²) in [4.78, 5) is 16.2. The molecule has 8 heteroatoms. The van der Waals surface area contributed by atoms with Gasteiger partial charge in [-0.1, -0.05) is 29.7 Å². The molecule has 132 valence electrons. The molecule has 0 unspecified atom stereocenters. The molecular formula is C17H18ClN3O3S. The maximum atomic E-state index is 11.8. The van der Waals surface area contributed by atoms with E-state index in [0.29, 0.717) is 15.8 Å². The number of hydrogen-bond acceptors (Lipinski definition) is 5. The van der Waals surface area contributed by atoms with Crippen molar-refractivity contribution in [2.24, 2.45) is 0 Å². The first-order chi connectivity index (χ1) is 11.9. The Kier molecular flexibility index (Phi) is 6.39. The van der Waals surface area contributed by atoms with Crippen molar-refractivity contribution in [3.8, 4) is 12.3 Å². The van der Waals surface area contributed by atoms with Crippen LogP contribution >= 0.6 is 22.9 Å². The molecule has 0 radical (unpaired) electrons. The van der Waals surface area contributed by atoms with E-state index in [1.54, 1.807) is 17.5 Å². The van der Waals surface area contributed by atoms with Crippen molar-refractivity contribution in [2.45, 2.75) is 18.4 Å². The zero-order valence-electron chi connectivity index (χ0n) is 13.5. The fourth-order valence-electron chi connectivity index (χ4n) is 2.12. The Morgan fingerprint density at radius 2 is 2.04 bits per heavy atom. The lowest BCUT2D eigenvalue weighted by Gasteiger charge is -2.22. The zero-order valence-corrected chi connectivity index (χ0v) is 15.1. The first-order valence-electron chi connectivity index (χ1n) is 7.42. The fourth-order valence-corrected chi connectivity index (χ4v) is 3.06. The summed E-state index contributed by atoms with van der Waals surface area (Å²) in [6, 6.07) is 5.90. The minimum Gasteiger partial charge on any atom is -0.394 e. The predicted molar refractivity (Wildman–Crippen MR) is 99.0 cm³/mol. The van der Waals surface area contributed by atoms with E-state index >= 15 is 0 Å². The number of nitrogens with one attached hydrogen (secondary N) is 2. The zero-order chi connectivity index (χ0) is 18.4. The van der Waals surface area contributed by atoms with Crippen LogP contribution < -0.4 is 10.6 Å². The minimum atomic E-state index is -0.768. The summed E-state index contributed by atoms with van der Waals surface area (Å²) in [7, 11) is 0. The third-order valence-electron chi connectivity index (χ3n) is 3.72. The van der Waals surface area contributed by atoms with Gasteiger partial charge in [0.15, 0.2) is 5.13 Å². The van der Waals surface area contributed by atoms with E-state index in [2.05, 4.69) is 21.5 Å². The smallest absolute Gasteiger partial charge is 0.321 e. The van der Waals surface area contributed by atoms with Crippen LogP contribution in [0.5, 0.6) is 0 Å². The summed E-state index contributed by atoms with van der Waals surface area (Å²) in [6.07, 6.45) is 5.75. The van der Waals surface area contributed by atoms with Crippen molar-refractivity contribution in [1.82, 2.24) is 10.3 Å². The quantitative estimate of drug-likeness (QED) is 0.579. The van der Waals surface area contributed by atoms with Crippen LogP contribution in [0.2, 0.25) is 5.02 Å². The van der Waals surface area contributed by atoms with Gasteiger partial charge in [0.25, 0.3) is 0 Å². The van der Waals surface area contributed by atoms with Crippen molar-refractivity contribution in [1.29, 1.82) is 0 Å². The highest BCUT2D eigenvalue weighted by atomic mass is 35.5. The van der Waals surface area contributed by atoms with Gasteiger partial charge >= 0.3 is 6.03 Å². The van der Waals surface area contributed by atoms with Crippen LogP contribution in [-0.4, -0.2) is 40.5 Å². The van der Waals surface area contributed by atoms with Crippen molar-refractivity contribution < 1.29 is 15.0 Å². The van der Waals surface area contributed by atoms with Crippen molar-refractivity contribution >= 4 is 34.1 Å². The second-order valence-electron chi connectivity index (χ2n) is 5.47. The van der Waals surface area contributed by atoms with Gasteiger partial charge in [-0.2, -0.15) is 0 Å². The number of hydrogen-bond donors (Lipinski definition) is 4. The van der Waals surface area contributed by atoms with Crippen LogP contribution in [0.3, 0.4) is 0 Å². The van der Waals surface area contributed by atoms with Crippen LogP contribution in [0.15, 0.2) is 29.6 Å². The van der Waals surface area contributed by atoms with Gasteiger partial charge in [0.1, 0.15) is 0 Å². The second kappa shape index (κ2) is 8.32. The van der Waals surface area contributed by atoms with E-state index in [9.17, 15) is 4.79 Å². The Bertz CT molecular complexity index is 768. The molecule has 0 aliphatic heterocycles. The van der Waals surface area contributed by atoms with Crippen LogP contribution in [0.25, 0.3) is 0 Å². The number of thiazole rings is 1. The highest BCUT2D eigenvalue weighted by Gasteiger charge is 2.29. The summed E-state index contributed by atoms with van der Waals surface area (Å²) in [6.45, 7) is 1.14. The molecule has 1 atom stereocenters. The maximum Gasteiger partial charge on any atom is 0.321 e. The SMILES string of the molecule is C#C[C@@](C)(c1ccc(Cl)cc1)c1csc(NC(=O)NC(CO)CO)n1. The Morgan fingerprint density at radius 3 is 2.60 bits per heavy atom. The van der Waals surface area contributed by atoms with E-state index < -0.39 is 17.5 Å². The molecule has 1 aromatic heterocycles. The lowest BCUT2D eigenvalue weighted by atomic mass is 9.81. The van der Waals surface area contributed by atoms with Crippen molar-refractivity contribution in [3.05, 3.63) is 45.9 Å². The molecule has 0 saturated carbocycles. The number of amides is 2. The molecule has 2 rings (SSSR count). The monoisotopic (exact) mass is 379 g/mol. The fraction of sp³-hybridized carbons (Fsp3) is 0.294. The molecule has 0 aliphatic rings. The number of nitrogens with zero attached hydrogens (tertiary/aromatic N) is 1. The lowest BCUT2D eigenvalue weighted by Crippen LogP contribution is -2.42. The average Bonchev–Trinajstić information content (AvgIpc) is 3.08. The number of halogens is 1. The molecule has 1 heterocycles. The topological polar surface area (TPSA) is 94.5 Å². The Balaban J connectivity index is 2.17. The number of aromatic nitrogens is 1. The Morgan fingerprint density at radius 1 is 1.40 bits per heavy atom. The number of anilines is 1. The maximum absolute atomic E-state index is 11.8. The van der Waals surface area contributed by atoms with Gasteiger partial charge in [-0.25, -0.2) is 9.78 Å². The number of carbonyl (C=O) groups is 1. The highest BCUT2D eigenvalue weighted by Crippen LogP contribution is 2.33. The summed E-state index contributed by atoms with van der Waals surface area (Å²) in [5.41, 5.74) is 0.718. The third kappa shape index (κ3) is 4.50. The van der Waals surface area contributed by atoms with Gasteiger partial charge in [-0.15, -0.1) is 17.8 Å². The van der Waals surface area contributed by atoms with Crippen LogP contribution in [0.1, 0.15) is 18.2 Å². The van der Waals surface area contributed by atoms with Crippen LogP contribution in [0.4, 0.5) is 9.93 Å². The molecule has 1 aromatic carbocycles. The third-order valence-corrected chi connectivity index (χ3v) is 4.73. The molecule has 2 amide bonds. The molecule has 0 aliphatic carbocycles. The minimum absolute atomic E-state index is 0.359. The summed E-state index contributed by atoms with van der Waals surface area (Å²) < 4.78 is 0. The number of terminal acetylenes is 1. The standard InChI is InChI=1S/C17H18ClN3O3S/c1-3-17(2,11-4-6-12(18)7-5-11)14-10-25-16(20-14)21-15(24)19-13(8-22)9-23/h1,4-7,10,13,22-23H,8-9H2,2H3,(H2,19,20,21,24)/t17-/m0/s1. The first-order valence-corrected chi connectivity index (χ1v) is 8.67. The summed E-state index contributed by atoms with van der Waals surface area (Å²) in [5, 5.41) is 25.7. The van der Waals surface area contributed by atoms with Gasteiger partial charge in [0.05, 0.1) is 30.4 Å². The predicted octanol–water partition coefficient (Wildman–Crippen LogP) is 2.21. The van der Waals surface area contributed by atoms with E-state index in [1.165, 1.54) is 11.3 Å². The molecule has 6 nitrogen and oxygen atoms in total. The van der Waals surface area contributed by atoms with E-state index in [0.717, 1.165) is 5.56 Å². The largest absolute Gasteiger partial charge is 0.394 e. The van der Waals surface area contributed by atoms with E-state index in [4.69, 9.17) is 28.2 Å². The molecular weight excluding hydrogens is 362 g/mol. The molecule has 25 heavy (non-hydrogen) atoms.